The predicted molar refractivity (Wildman–Crippen MR) is 104 cm³/mol. The van der Waals surface area contributed by atoms with E-state index in [0.29, 0.717) is 5.56 Å². The number of H-pyrrole nitrogens is 1. The summed E-state index contributed by atoms with van der Waals surface area (Å²) in [6, 6.07) is 7.92. The molecule has 0 unspecified atom stereocenters. The lowest BCUT2D eigenvalue weighted by atomic mass is 10.0. The lowest BCUT2D eigenvalue weighted by Gasteiger charge is -2.04. The molecule has 1 N–H and O–H groups in total. The summed E-state index contributed by atoms with van der Waals surface area (Å²) in [6.07, 6.45) is 11.7. The van der Waals surface area contributed by atoms with Crippen molar-refractivity contribution in [2.45, 2.75) is 65.2 Å². The Morgan fingerprint density at radius 1 is 1.00 bits per heavy atom. The van der Waals surface area contributed by atoms with Gasteiger partial charge in [-0.3, -0.25) is 0 Å². The molecule has 0 amide bonds. The first-order valence-electron chi connectivity index (χ1n) is 9.80. The second-order valence-electron chi connectivity index (χ2n) is 6.68. The zero-order chi connectivity index (χ0) is 18.8. The monoisotopic (exact) mass is 359 g/mol. The molecule has 2 aromatic rings. The maximum atomic E-state index is 14.4. The van der Waals surface area contributed by atoms with Crippen molar-refractivity contribution in [3.8, 4) is 11.1 Å². The van der Waals surface area contributed by atoms with E-state index in [1.165, 1.54) is 56.7 Å². The first-order valence-corrected chi connectivity index (χ1v) is 9.80. The SMILES string of the molecule is CCCCCCCCCc1ccc(-c2c[nH]c(C(=O)OCC)c2F)cc1. The first kappa shape index (κ1) is 20.2. The van der Waals surface area contributed by atoms with Gasteiger partial charge < -0.3 is 9.72 Å². The molecule has 0 fully saturated rings. The number of nitrogens with one attached hydrogen (secondary N) is 1. The Hall–Kier alpha value is -2.10. The maximum Gasteiger partial charge on any atom is 0.357 e. The molecule has 26 heavy (non-hydrogen) atoms. The van der Waals surface area contributed by atoms with Crippen molar-refractivity contribution >= 4 is 5.97 Å². The van der Waals surface area contributed by atoms with Crippen LogP contribution in [0.2, 0.25) is 0 Å². The molecule has 1 aromatic heterocycles. The van der Waals surface area contributed by atoms with Gasteiger partial charge >= 0.3 is 5.97 Å². The van der Waals surface area contributed by atoms with E-state index in [4.69, 9.17) is 4.74 Å². The first-order chi connectivity index (χ1) is 12.7. The molecule has 0 atom stereocenters. The molecule has 0 radical (unpaired) electrons. The van der Waals surface area contributed by atoms with Gasteiger partial charge in [0, 0.05) is 11.8 Å². The van der Waals surface area contributed by atoms with E-state index in [1.54, 1.807) is 6.92 Å². The average Bonchev–Trinajstić information content (AvgIpc) is 3.03. The summed E-state index contributed by atoms with van der Waals surface area (Å²) in [4.78, 5) is 14.4. The molecule has 0 bridgehead atoms. The smallest absolute Gasteiger partial charge is 0.357 e. The van der Waals surface area contributed by atoms with Crippen LogP contribution in [0.15, 0.2) is 30.5 Å². The van der Waals surface area contributed by atoms with Crippen LogP contribution >= 0.6 is 0 Å². The van der Waals surface area contributed by atoms with Crippen LogP contribution in [0, 0.1) is 5.82 Å². The van der Waals surface area contributed by atoms with Crippen molar-refractivity contribution in [1.29, 1.82) is 0 Å². The van der Waals surface area contributed by atoms with Gasteiger partial charge in [0.25, 0.3) is 0 Å². The lowest BCUT2D eigenvalue weighted by Crippen LogP contribution is -2.06. The zero-order valence-electron chi connectivity index (χ0n) is 15.9. The highest BCUT2D eigenvalue weighted by Crippen LogP contribution is 2.26. The number of halogens is 1. The van der Waals surface area contributed by atoms with Crippen LogP contribution in [-0.2, 0) is 11.2 Å². The number of rotatable bonds is 11. The molecular weight excluding hydrogens is 329 g/mol. The Morgan fingerprint density at radius 2 is 1.65 bits per heavy atom. The van der Waals surface area contributed by atoms with Crippen LogP contribution in [0.1, 0.15) is 74.8 Å². The largest absolute Gasteiger partial charge is 0.461 e. The minimum Gasteiger partial charge on any atom is -0.461 e. The van der Waals surface area contributed by atoms with Gasteiger partial charge in [0.1, 0.15) is 0 Å². The van der Waals surface area contributed by atoms with E-state index >= 15 is 0 Å². The number of aromatic nitrogens is 1. The normalized spacial score (nSPS) is 10.9. The van der Waals surface area contributed by atoms with Gasteiger partial charge in [-0.15, -0.1) is 0 Å². The Bertz CT molecular complexity index is 676. The number of unbranched alkanes of at least 4 members (excludes halogenated alkanes) is 6. The molecule has 0 aliphatic carbocycles. The molecular formula is C22H30FNO2. The maximum absolute atomic E-state index is 14.4. The summed E-state index contributed by atoms with van der Waals surface area (Å²) in [5.74, 6) is -1.21. The van der Waals surface area contributed by atoms with E-state index in [2.05, 4.69) is 11.9 Å². The summed E-state index contributed by atoms with van der Waals surface area (Å²) in [5.41, 5.74) is 2.31. The second-order valence-corrected chi connectivity index (χ2v) is 6.68. The van der Waals surface area contributed by atoms with Crippen LogP contribution in [0.4, 0.5) is 4.39 Å². The summed E-state index contributed by atoms with van der Waals surface area (Å²) in [5, 5.41) is 0. The second kappa shape index (κ2) is 10.8. The van der Waals surface area contributed by atoms with E-state index in [0.717, 1.165) is 12.0 Å². The molecule has 1 heterocycles. The molecule has 1 aromatic carbocycles. The molecule has 0 saturated carbocycles. The number of aromatic amines is 1. The van der Waals surface area contributed by atoms with Crippen LogP contribution in [-0.4, -0.2) is 17.6 Å². The highest BCUT2D eigenvalue weighted by Gasteiger charge is 2.19. The molecule has 0 aliphatic rings. The van der Waals surface area contributed by atoms with Crippen molar-refractivity contribution < 1.29 is 13.9 Å². The quantitative estimate of drug-likeness (QED) is 0.378. The fraction of sp³-hybridized carbons (Fsp3) is 0.500. The van der Waals surface area contributed by atoms with Crippen molar-refractivity contribution in [3.05, 3.63) is 47.5 Å². The fourth-order valence-electron chi connectivity index (χ4n) is 3.10. The minimum absolute atomic E-state index is 0.117. The van der Waals surface area contributed by atoms with E-state index in [9.17, 15) is 9.18 Å². The third-order valence-electron chi connectivity index (χ3n) is 4.63. The van der Waals surface area contributed by atoms with E-state index in [-0.39, 0.29) is 12.3 Å². The van der Waals surface area contributed by atoms with Crippen LogP contribution in [0.3, 0.4) is 0 Å². The number of aryl methyl sites for hydroxylation is 1. The number of carbonyl (C=O) groups excluding carboxylic acids is 1. The summed E-state index contributed by atoms with van der Waals surface area (Å²) in [7, 11) is 0. The van der Waals surface area contributed by atoms with Gasteiger partial charge in [-0.05, 0) is 30.9 Å². The third-order valence-corrected chi connectivity index (χ3v) is 4.63. The predicted octanol–water partition coefficient (Wildman–Crippen LogP) is 6.29. The van der Waals surface area contributed by atoms with Gasteiger partial charge in [-0.25, -0.2) is 9.18 Å². The highest BCUT2D eigenvalue weighted by molar-refractivity contribution is 5.90. The number of esters is 1. The van der Waals surface area contributed by atoms with Gasteiger partial charge in [0.15, 0.2) is 11.5 Å². The Morgan fingerprint density at radius 3 is 2.31 bits per heavy atom. The number of hydrogen-bond acceptors (Lipinski definition) is 2. The number of carbonyl (C=O) groups is 1. The van der Waals surface area contributed by atoms with Gasteiger partial charge in [-0.1, -0.05) is 69.7 Å². The number of ether oxygens (including phenoxy) is 1. The molecule has 0 saturated heterocycles. The highest BCUT2D eigenvalue weighted by atomic mass is 19.1. The molecule has 142 valence electrons. The van der Waals surface area contributed by atoms with Crippen LogP contribution in [0.5, 0.6) is 0 Å². The van der Waals surface area contributed by atoms with Crippen molar-refractivity contribution in [1.82, 2.24) is 4.98 Å². The summed E-state index contributed by atoms with van der Waals surface area (Å²) >= 11 is 0. The number of hydrogen-bond donors (Lipinski definition) is 1. The molecule has 4 heteroatoms. The van der Waals surface area contributed by atoms with Crippen LogP contribution in [0.25, 0.3) is 11.1 Å². The van der Waals surface area contributed by atoms with Gasteiger partial charge in [0.05, 0.1) is 6.61 Å². The Labute approximate surface area is 156 Å². The van der Waals surface area contributed by atoms with Crippen molar-refractivity contribution in [2.75, 3.05) is 6.61 Å². The Kier molecular flexibility index (Phi) is 8.39. The van der Waals surface area contributed by atoms with Gasteiger partial charge in [-0.2, -0.15) is 0 Å². The summed E-state index contributed by atoms with van der Waals surface area (Å²) in [6.45, 7) is 4.16. The third kappa shape index (κ3) is 5.72. The topological polar surface area (TPSA) is 42.1 Å². The van der Waals surface area contributed by atoms with Crippen molar-refractivity contribution in [3.63, 3.8) is 0 Å². The van der Waals surface area contributed by atoms with E-state index in [1.807, 2.05) is 24.3 Å². The zero-order valence-corrected chi connectivity index (χ0v) is 15.9. The molecule has 0 aliphatic heterocycles. The fourth-order valence-corrected chi connectivity index (χ4v) is 3.10. The van der Waals surface area contributed by atoms with Crippen molar-refractivity contribution in [2.24, 2.45) is 0 Å². The molecule has 0 spiro atoms. The Balaban J connectivity index is 1.86. The minimum atomic E-state index is -0.660. The number of benzene rings is 1. The van der Waals surface area contributed by atoms with Gasteiger partial charge in [0.2, 0.25) is 0 Å². The average molecular weight is 359 g/mol. The molecule has 3 nitrogen and oxygen atoms in total. The van der Waals surface area contributed by atoms with Crippen LogP contribution < -0.4 is 0 Å². The summed E-state index contributed by atoms with van der Waals surface area (Å²) < 4.78 is 19.3. The lowest BCUT2D eigenvalue weighted by molar-refractivity contribution is 0.0515. The molecule has 2 rings (SSSR count). The van der Waals surface area contributed by atoms with E-state index < -0.39 is 11.8 Å². The standard InChI is InChI=1S/C22H30FNO2/c1-3-5-6-7-8-9-10-11-17-12-14-18(15-13-17)19-16-24-21(20(19)23)22(25)26-4-2/h12-16,24H,3-11H2,1-2H3.